The van der Waals surface area contributed by atoms with Crippen LogP contribution >= 0.6 is 0 Å². The van der Waals surface area contributed by atoms with Crippen molar-refractivity contribution in [3.63, 3.8) is 0 Å². The molecule has 0 aliphatic rings. The van der Waals surface area contributed by atoms with E-state index in [-0.39, 0.29) is 5.91 Å². The first-order valence-corrected chi connectivity index (χ1v) is 9.31. The largest absolute Gasteiger partial charge is 0.481 e. The number of ether oxygens (including phenoxy) is 1. The average molecular weight is 387 g/mol. The Balaban J connectivity index is 1.55. The summed E-state index contributed by atoms with van der Waals surface area (Å²) in [6, 6.07) is 12.0. The van der Waals surface area contributed by atoms with E-state index in [2.05, 4.69) is 43.5 Å². The topological polar surface area (TPSA) is 92.8 Å². The average Bonchev–Trinajstić information content (AvgIpc) is 3.09. The Morgan fingerprint density at radius 1 is 1.17 bits per heavy atom. The fraction of sp³-hybridized carbons (Fsp3) is 0.182. The van der Waals surface area contributed by atoms with Gasteiger partial charge in [0.1, 0.15) is 6.33 Å². The Morgan fingerprint density at radius 3 is 2.79 bits per heavy atom. The van der Waals surface area contributed by atoms with Gasteiger partial charge in [-0.05, 0) is 37.1 Å². The molecule has 2 N–H and O–H groups in total. The van der Waals surface area contributed by atoms with E-state index in [1.165, 1.54) is 18.7 Å². The molecule has 4 aromatic rings. The van der Waals surface area contributed by atoms with Gasteiger partial charge in [0.2, 0.25) is 5.88 Å². The van der Waals surface area contributed by atoms with Gasteiger partial charge in [-0.3, -0.25) is 4.79 Å². The second kappa shape index (κ2) is 8.10. The molecule has 7 nitrogen and oxygen atoms in total. The number of carbonyl (C=O) groups is 1. The molecule has 0 atom stereocenters. The van der Waals surface area contributed by atoms with E-state index in [1.54, 1.807) is 7.11 Å². The van der Waals surface area contributed by atoms with Gasteiger partial charge in [0.15, 0.2) is 0 Å². The van der Waals surface area contributed by atoms with Crippen molar-refractivity contribution in [2.75, 3.05) is 13.7 Å². The van der Waals surface area contributed by atoms with Crippen molar-refractivity contribution in [1.29, 1.82) is 0 Å². The van der Waals surface area contributed by atoms with Gasteiger partial charge in [-0.25, -0.2) is 15.0 Å². The third kappa shape index (κ3) is 3.94. The quantitative estimate of drug-likeness (QED) is 0.529. The number of methoxy groups -OCH3 is 1. The first-order valence-electron chi connectivity index (χ1n) is 9.31. The summed E-state index contributed by atoms with van der Waals surface area (Å²) in [5.41, 5.74) is 5.61. The highest BCUT2D eigenvalue weighted by Crippen LogP contribution is 2.32. The van der Waals surface area contributed by atoms with E-state index in [1.807, 2.05) is 25.1 Å². The highest BCUT2D eigenvalue weighted by Gasteiger charge is 2.13. The summed E-state index contributed by atoms with van der Waals surface area (Å²) < 4.78 is 5.27. The van der Waals surface area contributed by atoms with E-state index in [4.69, 9.17) is 4.74 Å². The Morgan fingerprint density at radius 2 is 2.00 bits per heavy atom. The van der Waals surface area contributed by atoms with Crippen LogP contribution in [0.2, 0.25) is 0 Å². The first-order chi connectivity index (χ1) is 14.2. The van der Waals surface area contributed by atoms with Gasteiger partial charge in [-0.2, -0.15) is 0 Å². The molecule has 146 valence electrons. The number of aryl methyl sites for hydroxylation is 1. The smallest absolute Gasteiger partial charge is 0.254 e. The van der Waals surface area contributed by atoms with Crippen molar-refractivity contribution in [1.82, 2.24) is 25.3 Å². The number of nitrogens with one attached hydrogen (secondary N) is 2. The first kappa shape index (κ1) is 18.6. The number of amides is 1. The number of H-pyrrole nitrogens is 1. The molecule has 3 heterocycles. The molecule has 0 aliphatic heterocycles. The minimum atomic E-state index is -0.176. The van der Waals surface area contributed by atoms with Crippen molar-refractivity contribution >= 4 is 16.8 Å². The van der Waals surface area contributed by atoms with Gasteiger partial charge in [0.05, 0.1) is 18.4 Å². The standard InChI is InChI=1S/C22H21N5O2/c1-14-21(19-4-3-5-20(27-19)29-2)17-10-15(6-7-18(17)26-14)8-9-25-22(28)16-11-23-13-24-12-16/h3-7,10-13,26H,8-9H2,1-2H3,(H,25,28). The molecular formula is C22H21N5O2. The van der Waals surface area contributed by atoms with Crippen LogP contribution < -0.4 is 10.1 Å². The third-order valence-electron chi connectivity index (χ3n) is 4.76. The van der Waals surface area contributed by atoms with Gasteiger partial charge in [0.25, 0.3) is 5.91 Å². The molecule has 0 saturated heterocycles. The number of carbonyl (C=O) groups excluding carboxylic acids is 1. The van der Waals surface area contributed by atoms with E-state index < -0.39 is 0 Å². The number of nitrogens with zero attached hydrogens (tertiary/aromatic N) is 3. The van der Waals surface area contributed by atoms with E-state index >= 15 is 0 Å². The van der Waals surface area contributed by atoms with Crippen LogP contribution in [-0.2, 0) is 6.42 Å². The van der Waals surface area contributed by atoms with E-state index in [0.717, 1.165) is 33.4 Å². The predicted molar refractivity (Wildman–Crippen MR) is 111 cm³/mol. The van der Waals surface area contributed by atoms with Gasteiger partial charge in [-0.1, -0.05) is 12.1 Å². The van der Waals surface area contributed by atoms with Crippen LogP contribution in [-0.4, -0.2) is 39.5 Å². The van der Waals surface area contributed by atoms with Crippen LogP contribution in [0.15, 0.2) is 55.1 Å². The van der Waals surface area contributed by atoms with Gasteiger partial charge in [-0.15, -0.1) is 0 Å². The van der Waals surface area contributed by atoms with Crippen molar-refractivity contribution in [2.24, 2.45) is 0 Å². The number of pyridine rings is 1. The molecule has 29 heavy (non-hydrogen) atoms. The SMILES string of the molecule is COc1cccc(-c2c(C)[nH]c3ccc(CCNC(=O)c4cncnc4)cc23)n1. The Hall–Kier alpha value is -3.74. The maximum absolute atomic E-state index is 12.1. The molecule has 1 amide bonds. The van der Waals surface area contributed by atoms with Crippen LogP contribution in [0.1, 0.15) is 21.6 Å². The zero-order valence-electron chi connectivity index (χ0n) is 16.3. The fourth-order valence-electron chi connectivity index (χ4n) is 3.37. The lowest BCUT2D eigenvalue weighted by molar-refractivity contribution is 0.0953. The molecule has 0 fully saturated rings. The zero-order valence-corrected chi connectivity index (χ0v) is 16.3. The van der Waals surface area contributed by atoms with Gasteiger partial charge < -0.3 is 15.0 Å². The van der Waals surface area contributed by atoms with Crippen LogP contribution in [0, 0.1) is 6.92 Å². The molecule has 7 heteroatoms. The molecule has 0 aliphatic carbocycles. The zero-order chi connectivity index (χ0) is 20.2. The molecular weight excluding hydrogens is 366 g/mol. The molecule has 0 bridgehead atoms. The number of hydrogen-bond donors (Lipinski definition) is 2. The fourth-order valence-corrected chi connectivity index (χ4v) is 3.37. The summed E-state index contributed by atoms with van der Waals surface area (Å²) >= 11 is 0. The van der Waals surface area contributed by atoms with E-state index in [0.29, 0.717) is 24.4 Å². The molecule has 1 aromatic carbocycles. The maximum atomic E-state index is 12.1. The van der Waals surface area contributed by atoms with Crippen LogP contribution in [0.5, 0.6) is 5.88 Å². The maximum Gasteiger partial charge on any atom is 0.254 e. The summed E-state index contributed by atoms with van der Waals surface area (Å²) in [4.78, 5) is 27.9. The molecule has 0 unspecified atom stereocenters. The Labute approximate surface area is 168 Å². The van der Waals surface area contributed by atoms with Crippen molar-refractivity contribution < 1.29 is 9.53 Å². The Bertz CT molecular complexity index is 1150. The lowest BCUT2D eigenvalue weighted by Crippen LogP contribution is -2.25. The highest BCUT2D eigenvalue weighted by molar-refractivity contribution is 5.97. The number of fused-ring (bicyclic) bond motifs is 1. The normalized spacial score (nSPS) is 10.8. The van der Waals surface area contributed by atoms with Gasteiger partial charge in [0, 0.05) is 47.2 Å². The Kier molecular flexibility index (Phi) is 5.20. The number of aromatic amines is 1. The number of hydrogen-bond acceptors (Lipinski definition) is 5. The molecule has 0 spiro atoms. The monoisotopic (exact) mass is 387 g/mol. The summed E-state index contributed by atoms with van der Waals surface area (Å²) in [7, 11) is 1.61. The summed E-state index contributed by atoms with van der Waals surface area (Å²) in [6.45, 7) is 2.56. The lowest BCUT2D eigenvalue weighted by atomic mass is 10.0. The highest BCUT2D eigenvalue weighted by atomic mass is 16.5. The summed E-state index contributed by atoms with van der Waals surface area (Å²) in [5, 5.41) is 4.01. The van der Waals surface area contributed by atoms with E-state index in [9.17, 15) is 4.79 Å². The van der Waals surface area contributed by atoms with Crippen LogP contribution in [0.25, 0.3) is 22.2 Å². The van der Waals surface area contributed by atoms with Crippen LogP contribution in [0.4, 0.5) is 0 Å². The number of rotatable bonds is 6. The van der Waals surface area contributed by atoms with Crippen molar-refractivity contribution in [2.45, 2.75) is 13.3 Å². The molecule has 0 saturated carbocycles. The number of aromatic nitrogens is 4. The molecule has 4 rings (SSSR count). The minimum absolute atomic E-state index is 0.176. The molecule has 0 radical (unpaired) electrons. The predicted octanol–water partition coefficient (Wildman–Crippen LogP) is 3.31. The molecule has 3 aromatic heterocycles. The van der Waals surface area contributed by atoms with Crippen molar-refractivity contribution in [3.05, 3.63) is 71.9 Å². The van der Waals surface area contributed by atoms with Gasteiger partial charge >= 0.3 is 0 Å². The second-order valence-corrected chi connectivity index (χ2v) is 6.70. The summed E-state index contributed by atoms with van der Waals surface area (Å²) in [5.74, 6) is 0.408. The second-order valence-electron chi connectivity index (χ2n) is 6.70. The minimum Gasteiger partial charge on any atom is -0.481 e. The lowest BCUT2D eigenvalue weighted by Gasteiger charge is -2.07. The number of benzene rings is 1. The summed E-state index contributed by atoms with van der Waals surface area (Å²) in [6.07, 6.45) is 5.12. The van der Waals surface area contributed by atoms with Crippen LogP contribution in [0.3, 0.4) is 0 Å². The third-order valence-corrected chi connectivity index (χ3v) is 4.76. The van der Waals surface area contributed by atoms with Crippen molar-refractivity contribution in [3.8, 4) is 17.1 Å².